The van der Waals surface area contributed by atoms with Crippen LogP contribution in [0.4, 0.5) is 0 Å². The number of ether oxygens (including phenoxy) is 1. The zero-order valence-corrected chi connectivity index (χ0v) is 8.96. The van der Waals surface area contributed by atoms with E-state index in [1.807, 2.05) is 0 Å². The van der Waals surface area contributed by atoms with Crippen molar-refractivity contribution in [2.24, 2.45) is 0 Å². The molecule has 0 bridgehead atoms. The molecule has 16 heavy (non-hydrogen) atoms. The molecule has 4 N–H and O–H groups in total. The Morgan fingerprint density at radius 1 is 1.62 bits per heavy atom. The van der Waals surface area contributed by atoms with Gasteiger partial charge in [0.25, 0.3) is 0 Å². The molecule has 1 aliphatic heterocycles. The van der Waals surface area contributed by atoms with Crippen LogP contribution in [0.3, 0.4) is 0 Å². The average Bonchev–Trinajstić information content (AvgIpc) is 2.27. The van der Waals surface area contributed by atoms with Crippen LogP contribution in [0, 0.1) is 0 Å². The summed E-state index contributed by atoms with van der Waals surface area (Å²) in [4.78, 5) is 10.7. The lowest BCUT2D eigenvalue weighted by atomic mass is 9.88. The summed E-state index contributed by atoms with van der Waals surface area (Å²) in [6, 6.07) is 0. The number of carbonyl (C=O) groups is 1. The van der Waals surface area contributed by atoms with Crippen molar-refractivity contribution in [3.05, 3.63) is 11.8 Å². The third-order valence-corrected chi connectivity index (χ3v) is 2.70. The maximum absolute atomic E-state index is 10.7. The predicted octanol–water partition coefficient (Wildman–Crippen LogP) is -0.762. The molecule has 0 radical (unpaired) electrons. The maximum Gasteiger partial charge on any atom is 0.370 e. The quantitative estimate of drug-likeness (QED) is 0.507. The summed E-state index contributed by atoms with van der Waals surface area (Å²) in [7, 11) is 0. The molecule has 1 heterocycles. The van der Waals surface area contributed by atoms with Crippen LogP contribution in [0.25, 0.3) is 0 Å². The van der Waals surface area contributed by atoms with E-state index in [2.05, 4.69) is 0 Å². The van der Waals surface area contributed by atoms with Gasteiger partial charge in [-0.3, -0.25) is 0 Å². The molecule has 1 rings (SSSR count). The minimum absolute atomic E-state index is 0.238. The van der Waals surface area contributed by atoms with Gasteiger partial charge in [-0.1, -0.05) is 0 Å². The van der Waals surface area contributed by atoms with Gasteiger partial charge in [-0.05, 0) is 25.8 Å². The molecule has 3 atom stereocenters. The first kappa shape index (κ1) is 13.0. The topological polar surface area (TPSA) is 107 Å². The Morgan fingerprint density at radius 3 is 2.75 bits per heavy atom. The van der Waals surface area contributed by atoms with E-state index in [-0.39, 0.29) is 5.76 Å². The van der Waals surface area contributed by atoms with Gasteiger partial charge in [0, 0.05) is 0 Å². The monoisotopic (exact) mass is 232 g/mol. The first-order valence-corrected chi connectivity index (χ1v) is 5.00. The van der Waals surface area contributed by atoms with Gasteiger partial charge in [-0.25, -0.2) is 4.79 Å². The third-order valence-electron chi connectivity index (χ3n) is 2.70. The molecule has 0 amide bonds. The standard InChI is InChI=1S/C10H16O6/c1-10(8(13)6(12)5-11)4-2-3-7(16-10)9(14)15/h3,6,8,11-13H,2,4-5H2,1H3,(H,14,15)/t6?,8-,10?/m1/s1. The zero-order chi connectivity index (χ0) is 12.3. The number of hydrogen-bond acceptors (Lipinski definition) is 5. The Labute approximate surface area is 92.8 Å². The number of carboxylic acid groups (broad SMARTS) is 1. The lowest BCUT2D eigenvalue weighted by Gasteiger charge is -2.38. The molecule has 0 saturated carbocycles. The van der Waals surface area contributed by atoms with Crippen LogP contribution in [0.5, 0.6) is 0 Å². The van der Waals surface area contributed by atoms with Crippen LogP contribution in [-0.2, 0) is 9.53 Å². The number of aliphatic hydroxyl groups excluding tert-OH is 3. The molecule has 6 heteroatoms. The van der Waals surface area contributed by atoms with Crippen LogP contribution in [-0.4, -0.2) is 50.8 Å². The fourth-order valence-electron chi connectivity index (χ4n) is 1.68. The Balaban J connectivity index is 2.80. The van der Waals surface area contributed by atoms with Crippen LogP contribution in [0.1, 0.15) is 19.8 Å². The van der Waals surface area contributed by atoms with E-state index in [4.69, 9.17) is 14.9 Å². The molecule has 0 aromatic rings. The van der Waals surface area contributed by atoms with Crippen molar-refractivity contribution in [3.63, 3.8) is 0 Å². The first-order chi connectivity index (χ1) is 7.40. The van der Waals surface area contributed by atoms with Gasteiger partial charge in [0.2, 0.25) is 5.76 Å². The highest BCUT2D eigenvalue weighted by atomic mass is 16.5. The third kappa shape index (κ3) is 2.52. The number of hydrogen-bond donors (Lipinski definition) is 4. The summed E-state index contributed by atoms with van der Waals surface area (Å²) in [6.45, 7) is 0.902. The molecule has 0 aliphatic carbocycles. The largest absolute Gasteiger partial charge is 0.478 e. The fraction of sp³-hybridized carbons (Fsp3) is 0.700. The highest BCUT2D eigenvalue weighted by Gasteiger charge is 2.42. The lowest BCUT2D eigenvalue weighted by Crippen LogP contribution is -2.51. The highest BCUT2D eigenvalue weighted by Crippen LogP contribution is 2.31. The summed E-state index contributed by atoms with van der Waals surface area (Å²) >= 11 is 0. The molecular weight excluding hydrogens is 216 g/mol. The van der Waals surface area contributed by atoms with Crippen LogP contribution >= 0.6 is 0 Å². The fourth-order valence-corrected chi connectivity index (χ4v) is 1.68. The van der Waals surface area contributed by atoms with Gasteiger partial charge in [0.05, 0.1) is 6.61 Å². The molecule has 2 unspecified atom stereocenters. The molecule has 1 aliphatic rings. The smallest absolute Gasteiger partial charge is 0.370 e. The Morgan fingerprint density at radius 2 is 2.25 bits per heavy atom. The number of aliphatic carboxylic acids is 1. The summed E-state index contributed by atoms with van der Waals surface area (Å²) in [5.41, 5.74) is -1.19. The molecule has 92 valence electrons. The lowest BCUT2D eigenvalue weighted by molar-refractivity contribution is -0.161. The van der Waals surface area contributed by atoms with Gasteiger partial charge in [-0.15, -0.1) is 0 Å². The van der Waals surface area contributed by atoms with Crippen LogP contribution < -0.4 is 0 Å². The second-order valence-electron chi connectivity index (χ2n) is 4.02. The van der Waals surface area contributed by atoms with Gasteiger partial charge in [-0.2, -0.15) is 0 Å². The minimum atomic E-state index is -1.35. The van der Waals surface area contributed by atoms with Crippen LogP contribution in [0.15, 0.2) is 11.8 Å². The van der Waals surface area contributed by atoms with Crippen molar-refractivity contribution in [1.29, 1.82) is 0 Å². The number of carboxylic acids is 1. The Hall–Kier alpha value is -1.11. The molecular formula is C10H16O6. The van der Waals surface area contributed by atoms with E-state index < -0.39 is 30.4 Å². The maximum atomic E-state index is 10.7. The predicted molar refractivity (Wildman–Crippen MR) is 53.5 cm³/mol. The van der Waals surface area contributed by atoms with Crippen molar-refractivity contribution < 1.29 is 30.0 Å². The van der Waals surface area contributed by atoms with E-state index in [9.17, 15) is 15.0 Å². The van der Waals surface area contributed by atoms with E-state index in [1.54, 1.807) is 0 Å². The van der Waals surface area contributed by atoms with Crippen molar-refractivity contribution in [2.75, 3.05) is 6.61 Å². The Bertz CT molecular complexity index is 300. The van der Waals surface area contributed by atoms with E-state index in [0.29, 0.717) is 12.8 Å². The molecule has 0 aromatic heterocycles. The number of aliphatic hydroxyl groups is 3. The zero-order valence-electron chi connectivity index (χ0n) is 8.96. The number of rotatable bonds is 4. The van der Waals surface area contributed by atoms with Crippen molar-refractivity contribution in [3.8, 4) is 0 Å². The Kier molecular flexibility index (Phi) is 3.90. The van der Waals surface area contributed by atoms with Crippen molar-refractivity contribution in [1.82, 2.24) is 0 Å². The average molecular weight is 232 g/mol. The van der Waals surface area contributed by atoms with Crippen LogP contribution in [0.2, 0.25) is 0 Å². The van der Waals surface area contributed by atoms with E-state index in [1.165, 1.54) is 13.0 Å². The summed E-state index contributed by atoms with van der Waals surface area (Å²) < 4.78 is 5.16. The second-order valence-corrected chi connectivity index (χ2v) is 4.02. The summed E-state index contributed by atoms with van der Waals surface area (Å²) in [5, 5.41) is 36.6. The van der Waals surface area contributed by atoms with Gasteiger partial charge in [0.15, 0.2) is 0 Å². The van der Waals surface area contributed by atoms with E-state index in [0.717, 1.165) is 0 Å². The SMILES string of the molecule is CC1([C@H](O)C(O)CO)CCC=C(C(=O)O)O1. The van der Waals surface area contributed by atoms with Crippen molar-refractivity contribution in [2.45, 2.75) is 37.6 Å². The van der Waals surface area contributed by atoms with Gasteiger partial charge < -0.3 is 25.2 Å². The first-order valence-electron chi connectivity index (χ1n) is 5.00. The molecule has 0 aromatic carbocycles. The number of allylic oxidation sites excluding steroid dienone is 1. The van der Waals surface area contributed by atoms with Gasteiger partial charge in [0.1, 0.15) is 17.8 Å². The molecule has 0 fully saturated rings. The van der Waals surface area contributed by atoms with E-state index >= 15 is 0 Å². The normalized spacial score (nSPS) is 28.9. The second kappa shape index (κ2) is 4.82. The highest BCUT2D eigenvalue weighted by molar-refractivity contribution is 5.84. The minimum Gasteiger partial charge on any atom is -0.478 e. The summed E-state index contributed by atoms with van der Waals surface area (Å²) in [5.74, 6) is -1.45. The molecule has 0 spiro atoms. The summed E-state index contributed by atoms with van der Waals surface area (Å²) in [6.07, 6.45) is -0.448. The molecule has 0 saturated heterocycles. The van der Waals surface area contributed by atoms with Gasteiger partial charge >= 0.3 is 5.97 Å². The van der Waals surface area contributed by atoms with Crippen molar-refractivity contribution >= 4 is 5.97 Å². The molecule has 6 nitrogen and oxygen atoms in total.